The van der Waals surface area contributed by atoms with Gasteiger partial charge in [0.2, 0.25) is 0 Å². The SMILES string of the molecule is CCC(C[NH3+])CCCC(C)C[NH2+]CC(O)C[NH2+]CC(C)CCCC(CC)C[N-]Cl.[Cl-].[Cl-].[Cl-]. The Morgan fingerprint density at radius 2 is 1.22 bits per heavy atom. The summed E-state index contributed by atoms with van der Waals surface area (Å²) in [5.74, 6) is 2.87. The first-order valence-electron chi connectivity index (χ1n) is 12.3. The molecule has 9 heteroatoms. The number of halogens is 4. The van der Waals surface area contributed by atoms with E-state index in [4.69, 9.17) is 11.8 Å². The van der Waals surface area contributed by atoms with Crippen LogP contribution in [0.1, 0.15) is 79.1 Å². The second kappa shape index (κ2) is 28.2. The van der Waals surface area contributed by atoms with Gasteiger partial charge >= 0.3 is 0 Å². The molecule has 32 heavy (non-hydrogen) atoms. The van der Waals surface area contributed by atoms with Crippen LogP contribution in [0.25, 0.3) is 4.84 Å². The van der Waals surface area contributed by atoms with Gasteiger partial charge in [-0.05, 0) is 25.7 Å². The van der Waals surface area contributed by atoms with Gasteiger partial charge in [-0.25, -0.2) is 0 Å². The molecule has 200 valence electrons. The quantitative estimate of drug-likeness (QED) is 0.114. The van der Waals surface area contributed by atoms with Gasteiger partial charge in [-0.2, -0.15) is 0 Å². The molecule has 8 N–H and O–H groups in total. The van der Waals surface area contributed by atoms with Crippen molar-refractivity contribution in [1.82, 2.24) is 0 Å². The molecule has 0 rings (SSSR count). The molecule has 0 aliphatic rings. The molecule has 0 heterocycles. The summed E-state index contributed by atoms with van der Waals surface area (Å²) < 4.78 is 0. The van der Waals surface area contributed by atoms with Crippen molar-refractivity contribution in [3.63, 3.8) is 0 Å². The third kappa shape index (κ3) is 24.1. The summed E-state index contributed by atoms with van der Waals surface area (Å²) in [7, 11) is 0. The van der Waals surface area contributed by atoms with Crippen molar-refractivity contribution in [2.24, 2.45) is 23.7 Å². The van der Waals surface area contributed by atoms with E-state index in [0.29, 0.717) is 11.8 Å². The average molecular weight is 544 g/mol. The Hall–Kier alpha value is 0.960. The monoisotopic (exact) mass is 541 g/mol. The Bertz CT molecular complexity index is 356. The smallest absolute Gasteiger partial charge is 0.151 e. The lowest BCUT2D eigenvalue weighted by Gasteiger charge is -2.21. The van der Waals surface area contributed by atoms with Crippen LogP contribution in [0.3, 0.4) is 0 Å². The molecule has 0 aliphatic heterocycles. The molecule has 0 aliphatic carbocycles. The van der Waals surface area contributed by atoms with Crippen LogP contribution in [0.5, 0.6) is 0 Å². The molecule has 0 bridgehead atoms. The highest BCUT2D eigenvalue weighted by Crippen LogP contribution is 2.17. The third-order valence-electron chi connectivity index (χ3n) is 6.52. The van der Waals surface area contributed by atoms with Crippen LogP contribution in [0, 0.1) is 23.7 Å². The maximum atomic E-state index is 10.2. The number of hydrogen-bond acceptors (Lipinski definition) is 1. The molecule has 5 unspecified atom stereocenters. The molecule has 5 nitrogen and oxygen atoms in total. The standard InChI is InChI=1S/C23H50ClN4O.3ClH/c1-5-21(13-25)11-7-9-19(3)14-26-17-23(29)18-27-15-20(4)10-8-12-22(6-2)16-28-24;;;/h19-23,26-27,29H,5-18,25H2,1-4H3;3*1H/q-1;;;. The van der Waals surface area contributed by atoms with Crippen LogP contribution in [0.15, 0.2) is 0 Å². The Balaban J connectivity index is -0.00000131. The molecule has 0 aromatic heterocycles. The minimum atomic E-state index is -0.208. The van der Waals surface area contributed by atoms with Gasteiger partial charge in [-0.1, -0.05) is 59.3 Å². The predicted octanol–water partition coefficient (Wildman–Crippen LogP) is -7.08. The van der Waals surface area contributed by atoms with Gasteiger partial charge < -0.3 is 63.5 Å². The molecule has 0 fully saturated rings. The van der Waals surface area contributed by atoms with Crippen LogP contribution in [0.4, 0.5) is 0 Å². The molecule has 0 radical (unpaired) electrons. The normalized spacial score (nSPS) is 15.5. The van der Waals surface area contributed by atoms with E-state index in [0.717, 1.165) is 57.5 Å². The highest BCUT2D eigenvalue weighted by atomic mass is 35.5. The minimum absolute atomic E-state index is 0. The van der Waals surface area contributed by atoms with Gasteiger partial charge in [0, 0.05) is 17.8 Å². The van der Waals surface area contributed by atoms with Crippen molar-refractivity contribution in [3.05, 3.63) is 4.84 Å². The minimum Gasteiger partial charge on any atom is -1.00 e. The van der Waals surface area contributed by atoms with Gasteiger partial charge in [0.05, 0.1) is 19.6 Å². The highest BCUT2D eigenvalue weighted by molar-refractivity contribution is 6.24. The molecule has 0 aromatic carbocycles. The van der Waals surface area contributed by atoms with Crippen molar-refractivity contribution in [2.45, 2.75) is 85.2 Å². The van der Waals surface area contributed by atoms with Crippen molar-refractivity contribution in [2.75, 3.05) is 39.3 Å². The summed E-state index contributed by atoms with van der Waals surface area (Å²) in [6.45, 7) is 14.9. The van der Waals surface area contributed by atoms with Gasteiger partial charge in [0.25, 0.3) is 0 Å². The van der Waals surface area contributed by atoms with E-state index < -0.39 is 0 Å². The van der Waals surface area contributed by atoms with E-state index in [1.54, 1.807) is 0 Å². The van der Waals surface area contributed by atoms with Crippen molar-refractivity contribution < 1.29 is 58.7 Å². The summed E-state index contributed by atoms with van der Waals surface area (Å²) in [6, 6.07) is 0. The number of nitrogens with two attached hydrogens (primary N) is 2. The topological polar surface area (TPSA) is 95.2 Å². The zero-order valence-corrected chi connectivity index (χ0v) is 24.1. The van der Waals surface area contributed by atoms with Gasteiger partial charge in [-0.3, -0.25) is 11.8 Å². The Kier molecular flexibility index (Phi) is 35.4. The zero-order valence-electron chi connectivity index (χ0n) is 21.1. The van der Waals surface area contributed by atoms with Crippen LogP contribution in [-0.4, -0.2) is 50.5 Å². The first-order chi connectivity index (χ1) is 14.0. The van der Waals surface area contributed by atoms with Crippen molar-refractivity contribution in [1.29, 1.82) is 0 Å². The number of quaternary nitrogens is 3. The summed E-state index contributed by atoms with van der Waals surface area (Å²) in [4.78, 5) is 3.77. The summed E-state index contributed by atoms with van der Waals surface area (Å²) in [5.41, 5.74) is 4.05. The molecule has 5 atom stereocenters. The predicted molar refractivity (Wildman–Crippen MR) is 125 cm³/mol. The van der Waals surface area contributed by atoms with Crippen molar-refractivity contribution >= 4 is 11.8 Å². The number of hydrogen-bond donors (Lipinski definition) is 4. The van der Waals surface area contributed by atoms with Gasteiger partial charge in [0.15, 0.2) is 6.10 Å². The average Bonchev–Trinajstić information content (AvgIpc) is 2.70. The number of aliphatic hydroxyl groups is 1. The largest absolute Gasteiger partial charge is 1.00 e. The molecular weight excluding hydrogens is 490 g/mol. The van der Waals surface area contributed by atoms with Crippen LogP contribution in [0.2, 0.25) is 0 Å². The lowest BCUT2D eigenvalue weighted by atomic mass is 9.96. The van der Waals surface area contributed by atoms with Gasteiger partial charge in [-0.15, -0.1) is 6.54 Å². The van der Waals surface area contributed by atoms with E-state index >= 15 is 0 Å². The molecular formula is C23H53Cl4N4O-. The maximum absolute atomic E-state index is 10.2. The van der Waals surface area contributed by atoms with E-state index in [1.165, 1.54) is 44.9 Å². The second-order valence-electron chi connectivity index (χ2n) is 9.39. The number of aliphatic hydroxyl groups excluding tert-OH is 1. The maximum Gasteiger partial charge on any atom is 0.151 e. The van der Waals surface area contributed by atoms with E-state index in [9.17, 15) is 5.11 Å². The number of nitrogens with zero attached hydrogens (tertiary/aromatic N) is 1. The third-order valence-corrected chi connectivity index (χ3v) is 6.66. The summed E-state index contributed by atoms with van der Waals surface area (Å²) >= 11 is 5.50. The summed E-state index contributed by atoms with van der Waals surface area (Å²) in [6.07, 6.45) is 9.87. The van der Waals surface area contributed by atoms with Crippen LogP contribution in [-0.2, 0) is 0 Å². The van der Waals surface area contributed by atoms with Crippen LogP contribution >= 0.6 is 11.8 Å². The fourth-order valence-electron chi connectivity index (χ4n) is 4.06. The van der Waals surface area contributed by atoms with E-state index in [-0.39, 0.29) is 43.3 Å². The highest BCUT2D eigenvalue weighted by Gasteiger charge is 2.13. The van der Waals surface area contributed by atoms with E-state index in [1.807, 2.05) is 0 Å². The van der Waals surface area contributed by atoms with E-state index in [2.05, 4.69) is 48.9 Å². The Morgan fingerprint density at radius 1 is 0.781 bits per heavy atom. The fraction of sp³-hybridized carbons (Fsp3) is 1.00. The summed E-state index contributed by atoms with van der Waals surface area (Å²) in [5, 5.41) is 14.8. The molecule has 0 amide bonds. The molecule has 0 aromatic rings. The van der Waals surface area contributed by atoms with Gasteiger partial charge in [0.1, 0.15) is 13.1 Å². The fourth-order valence-corrected chi connectivity index (χ4v) is 4.26. The first-order valence-corrected chi connectivity index (χ1v) is 12.7. The first kappa shape index (κ1) is 40.1. The van der Waals surface area contributed by atoms with Crippen LogP contribution < -0.4 is 53.6 Å². The second-order valence-corrected chi connectivity index (χ2v) is 9.62. The number of rotatable bonds is 21. The molecule has 0 saturated heterocycles. The lowest BCUT2D eigenvalue weighted by Crippen LogP contribution is -3.00. The zero-order chi connectivity index (χ0) is 21.9. The lowest BCUT2D eigenvalue weighted by molar-refractivity contribution is -0.695. The Labute approximate surface area is 222 Å². The molecule has 0 spiro atoms. The Morgan fingerprint density at radius 3 is 1.59 bits per heavy atom. The molecule has 0 saturated carbocycles. The van der Waals surface area contributed by atoms with Crippen molar-refractivity contribution in [3.8, 4) is 0 Å².